The zero-order valence-electron chi connectivity index (χ0n) is 11.4. The van der Waals surface area contributed by atoms with Gasteiger partial charge in [-0.3, -0.25) is 0 Å². The van der Waals surface area contributed by atoms with Gasteiger partial charge >= 0.3 is 5.97 Å². The minimum absolute atomic E-state index is 0.144. The molecule has 0 aliphatic rings. The molecule has 0 saturated heterocycles. The predicted octanol–water partition coefficient (Wildman–Crippen LogP) is 3.68. The first-order valence-corrected chi connectivity index (χ1v) is 7.05. The van der Waals surface area contributed by atoms with Crippen molar-refractivity contribution < 1.29 is 13.9 Å². The van der Waals surface area contributed by atoms with Crippen LogP contribution in [-0.2, 0) is 11.3 Å². The molecule has 20 heavy (non-hydrogen) atoms. The van der Waals surface area contributed by atoms with Crippen LogP contribution in [0, 0.1) is 0 Å². The van der Waals surface area contributed by atoms with E-state index < -0.39 is 5.97 Å². The quantitative estimate of drug-likeness (QED) is 0.845. The van der Waals surface area contributed by atoms with Gasteiger partial charge in [0.15, 0.2) is 0 Å². The molecule has 1 atom stereocenters. The second-order valence-corrected chi connectivity index (χ2v) is 5.24. The van der Waals surface area contributed by atoms with Crippen LogP contribution in [-0.4, -0.2) is 13.1 Å². The van der Waals surface area contributed by atoms with Gasteiger partial charge in [0, 0.05) is 22.6 Å². The molecule has 1 N–H and O–H groups in total. The van der Waals surface area contributed by atoms with Crippen molar-refractivity contribution in [3.63, 3.8) is 0 Å². The number of benzene rings is 1. The van der Waals surface area contributed by atoms with Crippen molar-refractivity contribution in [3.05, 3.63) is 58.0 Å². The number of esters is 1. The highest BCUT2D eigenvalue weighted by atomic mass is 79.9. The molecule has 0 spiro atoms. The van der Waals surface area contributed by atoms with E-state index >= 15 is 0 Å². The molecule has 1 aromatic heterocycles. The van der Waals surface area contributed by atoms with E-state index in [1.807, 2.05) is 18.2 Å². The lowest BCUT2D eigenvalue weighted by molar-refractivity contribution is 0.0563. The van der Waals surface area contributed by atoms with Crippen LogP contribution >= 0.6 is 15.9 Å². The van der Waals surface area contributed by atoms with Gasteiger partial charge in [0.1, 0.15) is 0 Å². The van der Waals surface area contributed by atoms with E-state index in [2.05, 4.69) is 39.0 Å². The smallest absolute Gasteiger partial charge is 0.374 e. The van der Waals surface area contributed by atoms with Gasteiger partial charge in [0.05, 0.1) is 13.4 Å². The molecule has 1 unspecified atom stereocenters. The molecule has 0 fully saturated rings. The molecule has 1 aromatic carbocycles. The van der Waals surface area contributed by atoms with Crippen LogP contribution in [0.3, 0.4) is 0 Å². The maximum absolute atomic E-state index is 11.5. The lowest BCUT2D eigenvalue weighted by atomic mass is 10.1. The maximum atomic E-state index is 11.5. The number of halogens is 1. The Balaban J connectivity index is 2.04. The highest BCUT2D eigenvalue weighted by Crippen LogP contribution is 2.23. The molecule has 0 aliphatic heterocycles. The number of hydrogen-bond donors (Lipinski definition) is 1. The van der Waals surface area contributed by atoms with Crippen molar-refractivity contribution in [1.82, 2.24) is 5.32 Å². The molecule has 4 nitrogen and oxygen atoms in total. The molecule has 2 rings (SSSR count). The number of carbonyl (C=O) groups is 1. The zero-order chi connectivity index (χ0) is 14.5. The Labute approximate surface area is 126 Å². The van der Waals surface area contributed by atoms with E-state index in [0.717, 1.165) is 15.6 Å². The van der Waals surface area contributed by atoms with Crippen LogP contribution < -0.4 is 5.32 Å². The van der Waals surface area contributed by atoms with E-state index in [9.17, 15) is 4.79 Å². The third-order valence-electron chi connectivity index (χ3n) is 3.09. The van der Waals surface area contributed by atoms with Gasteiger partial charge < -0.3 is 14.5 Å². The Morgan fingerprint density at radius 2 is 2.15 bits per heavy atom. The van der Waals surface area contributed by atoms with E-state index in [1.54, 1.807) is 6.07 Å². The molecule has 106 valence electrons. The van der Waals surface area contributed by atoms with Crippen LogP contribution in [0.15, 0.2) is 45.5 Å². The summed E-state index contributed by atoms with van der Waals surface area (Å²) in [5.41, 5.74) is 1.95. The fourth-order valence-corrected chi connectivity index (χ4v) is 2.57. The Kier molecular flexibility index (Phi) is 4.98. The van der Waals surface area contributed by atoms with Crippen molar-refractivity contribution in [1.29, 1.82) is 0 Å². The average molecular weight is 338 g/mol. The third-order valence-corrected chi connectivity index (χ3v) is 3.81. The SMILES string of the molecule is COC(=O)c1occc1CNC(C)c1ccccc1Br. The van der Waals surface area contributed by atoms with Gasteiger partial charge in [-0.15, -0.1) is 0 Å². The zero-order valence-corrected chi connectivity index (χ0v) is 12.9. The normalized spacial score (nSPS) is 12.2. The summed E-state index contributed by atoms with van der Waals surface area (Å²) in [7, 11) is 1.34. The molecular weight excluding hydrogens is 322 g/mol. The molecule has 0 aliphatic carbocycles. The standard InChI is InChI=1S/C15H16BrNO3/c1-10(12-5-3-4-6-13(12)16)17-9-11-7-8-20-14(11)15(18)19-2/h3-8,10,17H,9H2,1-2H3. The second kappa shape index (κ2) is 6.72. The van der Waals surface area contributed by atoms with Crippen LogP contribution in [0.1, 0.15) is 34.6 Å². The first-order chi connectivity index (χ1) is 9.63. The van der Waals surface area contributed by atoms with Gasteiger partial charge in [-0.25, -0.2) is 4.79 Å². The molecule has 0 radical (unpaired) electrons. The minimum Gasteiger partial charge on any atom is -0.463 e. The Bertz CT molecular complexity index is 594. The largest absolute Gasteiger partial charge is 0.463 e. The van der Waals surface area contributed by atoms with Crippen LogP contribution in [0.25, 0.3) is 0 Å². The summed E-state index contributed by atoms with van der Waals surface area (Å²) in [6.07, 6.45) is 1.49. The molecular formula is C15H16BrNO3. The van der Waals surface area contributed by atoms with Gasteiger partial charge in [-0.1, -0.05) is 34.1 Å². The number of furan rings is 1. The van der Waals surface area contributed by atoms with Gasteiger partial charge in [0.25, 0.3) is 0 Å². The molecule has 0 amide bonds. The average Bonchev–Trinajstić information content (AvgIpc) is 2.93. The molecule has 0 bridgehead atoms. The van der Waals surface area contributed by atoms with Crippen LogP contribution in [0.2, 0.25) is 0 Å². The van der Waals surface area contributed by atoms with Gasteiger partial charge in [-0.05, 0) is 24.6 Å². The number of rotatable bonds is 5. The van der Waals surface area contributed by atoms with Crippen LogP contribution in [0.5, 0.6) is 0 Å². The Morgan fingerprint density at radius 3 is 2.85 bits per heavy atom. The van der Waals surface area contributed by atoms with E-state index in [-0.39, 0.29) is 11.8 Å². The minimum atomic E-state index is -0.458. The number of carbonyl (C=O) groups excluding carboxylic acids is 1. The van der Waals surface area contributed by atoms with E-state index in [4.69, 9.17) is 4.42 Å². The summed E-state index contributed by atoms with van der Waals surface area (Å²) < 4.78 is 10.9. The molecule has 0 saturated carbocycles. The third kappa shape index (κ3) is 3.29. The van der Waals surface area contributed by atoms with E-state index in [1.165, 1.54) is 13.4 Å². The number of ether oxygens (including phenoxy) is 1. The second-order valence-electron chi connectivity index (χ2n) is 4.39. The molecule has 1 heterocycles. The predicted molar refractivity (Wildman–Crippen MR) is 79.4 cm³/mol. The number of methoxy groups -OCH3 is 1. The maximum Gasteiger partial charge on any atom is 0.374 e. The molecule has 5 heteroatoms. The van der Waals surface area contributed by atoms with Gasteiger partial charge in [0.2, 0.25) is 5.76 Å². The van der Waals surface area contributed by atoms with Crippen molar-refractivity contribution >= 4 is 21.9 Å². The molecule has 2 aromatic rings. The van der Waals surface area contributed by atoms with Crippen molar-refractivity contribution in [2.24, 2.45) is 0 Å². The van der Waals surface area contributed by atoms with Crippen molar-refractivity contribution in [3.8, 4) is 0 Å². The van der Waals surface area contributed by atoms with E-state index in [0.29, 0.717) is 6.54 Å². The topological polar surface area (TPSA) is 51.5 Å². The van der Waals surface area contributed by atoms with Gasteiger partial charge in [-0.2, -0.15) is 0 Å². The Hall–Kier alpha value is -1.59. The summed E-state index contributed by atoms with van der Waals surface area (Å²) >= 11 is 3.53. The summed E-state index contributed by atoms with van der Waals surface area (Å²) in [5, 5.41) is 3.36. The lowest BCUT2D eigenvalue weighted by Gasteiger charge is -2.15. The fourth-order valence-electron chi connectivity index (χ4n) is 1.95. The first kappa shape index (κ1) is 14.8. The Morgan fingerprint density at radius 1 is 1.40 bits per heavy atom. The monoisotopic (exact) mass is 337 g/mol. The summed E-state index contributed by atoms with van der Waals surface area (Å²) in [4.78, 5) is 11.5. The highest BCUT2D eigenvalue weighted by Gasteiger charge is 2.16. The summed E-state index contributed by atoms with van der Waals surface area (Å²) in [6.45, 7) is 2.60. The lowest BCUT2D eigenvalue weighted by Crippen LogP contribution is -2.19. The summed E-state index contributed by atoms with van der Waals surface area (Å²) in [5.74, 6) is -0.209. The number of nitrogens with one attached hydrogen (secondary N) is 1. The first-order valence-electron chi connectivity index (χ1n) is 6.26. The highest BCUT2D eigenvalue weighted by molar-refractivity contribution is 9.10. The van der Waals surface area contributed by atoms with Crippen LogP contribution in [0.4, 0.5) is 0 Å². The van der Waals surface area contributed by atoms with Crippen molar-refractivity contribution in [2.75, 3.05) is 7.11 Å². The number of hydrogen-bond acceptors (Lipinski definition) is 4. The summed E-state index contributed by atoms with van der Waals surface area (Å²) in [6, 6.07) is 9.95. The fraction of sp³-hybridized carbons (Fsp3) is 0.267. The van der Waals surface area contributed by atoms with Crippen molar-refractivity contribution in [2.45, 2.75) is 19.5 Å².